The summed E-state index contributed by atoms with van der Waals surface area (Å²) in [7, 11) is 0. The number of halogens is 1. The highest BCUT2D eigenvalue weighted by atomic mass is 19.1. The van der Waals surface area contributed by atoms with Gasteiger partial charge in [-0.05, 0) is 69.7 Å². The Morgan fingerprint density at radius 3 is 2.52 bits per heavy atom. The Labute approximate surface area is 193 Å². The minimum absolute atomic E-state index is 0.0705. The first-order valence-electron chi connectivity index (χ1n) is 11.8. The number of carbonyl (C=O) groups is 1. The SMILES string of the molecule is Cc1cn2nc(C3CCCCN3C(=O)c3cc(C)c(F)c(C)c3)cc2nc1N1CCC(N)C1. The van der Waals surface area contributed by atoms with E-state index in [2.05, 4.69) is 4.90 Å². The van der Waals surface area contributed by atoms with Crippen molar-refractivity contribution in [2.45, 2.75) is 58.5 Å². The van der Waals surface area contributed by atoms with Gasteiger partial charge in [0.25, 0.3) is 5.91 Å². The number of fused-ring (bicyclic) bond motifs is 1. The number of amides is 1. The Bertz CT molecular complexity index is 1200. The van der Waals surface area contributed by atoms with Crippen LogP contribution < -0.4 is 10.6 Å². The van der Waals surface area contributed by atoms with E-state index in [1.807, 2.05) is 28.6 Å². The molecule has 8 heteroatoms. The van der Waals surface area contributed by atoms with Gasteiger partial charge in [0.1, 0.15) is 11.6 Å². The highest BCUT2D eigenvalue weighted by molar-refractivity contribution is 5.95. The van der Waals surface area contributed by atoms with Crippen molar-refractivity contribution in [3.8, 4) is 0 Å². The number of aryl methyl sites for hydroxylation is 3. The summed E-state index contributed by atoms with van der Waals surface area (Å²) in [6, 6.07) is 5.36. The van der Waals surface area contributed by atoms with Gasteiger partial charge in [0.2, 0.25) is 0 Å². The molecule has 2 saturated heterocycles. The van der Waals surface area contributed by atoms with Crippen molar-refractivity contribution in [2.24, 2.45) is 5.73 Å². The van der Waals surface area contributed by atoms with Gasteiger partial charge in [0.15, 0.2) is 5.65 Å². The van der Waals surface area contributed by atoms with Gasteiger partial charge in [-0.1, -0.05) is 0 Å². The number of benzene rings is 1. The van der Waals surface area contributed by atoms with Gasteiger partial charge in [-0.15, -0.1) is 0 Å². The molecule has 5 rings (SSSR count). The van der Waals surface area contributed by atoms with Crippen molar-refractivity contribution in [1.29, 1.82) is 0 Å². The summed E-state index contributed by atoms with van der Waals surface area (Å²) >= 11 is 0. The summed E-state index contributed by atoms with van der Waals surface area (Å²) in [5.74, 6) is 0.632. The van der Waals surface area contributed by atoms with Crippen LogP contribution in [-0.4, -0.2) is 51.1 Å². The molecule has 3 aromatic rings. The summed E-state index contributed by atoms with van der Waals surface area (Å²) in [5.41, 5.74) is 10.3. The zero-order chi connectivity index (χ0) is 23.3. The lowest BCUT2D eigenvalue weighted by Crippen LogP contribution is -2.38. The number of anilines is 1. The number of hydrogen-bond acceptors (Lipinski definition) is 5. The van der Waals surface area contributed by atoms with E-state index in [4.69, 9.17) is 15.8 Å². The van der Waals surface area contributed by atoms with Crippen LogP contribution in [0.4, 0.5) is 10.2 Å². The number of likely N-dealkylation sites (tertiary alicyclic amines) is 1. The Hall–Kier alpha value is -3.00. The van der Waals surface area contributed by atoms with Crippen molar-refractivity contribution in [2.75, 3.05) is 24.5 Å². The molecule has 2 fully saturated rings. The number of nitrogens with zero attached hydrogens (tertiary/aromatic N) is 5. The van der Waals surface area contributed by atoms with E-state index in [1.165, 1.54) is 0 Å². The quantitative estimate of drug-likeness (QED) is 0.658. The van der Waals surface area contributed by atoms with Gasteiger partial charge in [-0.3, -0.25) is 4.79 Å². The highest BCUT2D eigenvalue weighted by Gasteiger charge is 2.31. The van der Waals surface area contributed by atoms with Crippen molar-refractivity contribution >= 4 is 17.4 Å². The summed E-state index contributed by atoms with van der Waals surface area (Å²) < 4.78 is 15.9. The average molecular weight is 451 g/mol. The van der Waals surface area contributed by atoms with E-state index in [9.17, 15) is 9.18 Å². The van der Waals surface area contributed by atoms with Crippen LogP contribution in [0.5, 0.6) is 0 Å². The molecule has 0 saturated carbocycles. The molecule has 2 N–H and O–H groups in total. The fourth-order valence-electron chi connectivity index (χ4n) is 5.20. The van der Waals surface area contributed by atoms with Gasteiger partial charge in [0, 0.05) is 49.1 Å². The Balaban J connectivity index is 1.47. The van der Waals surface area contributed by atoms with E-state index in [0.29, 0.717) is 23.2 Å². The normalized spacial score (nSPS) is 21.2. The van der Waals surface area contributed by atoms with Crippen LogP contribution in [0.1, 0.15) is 64.5 Å². The maximum Gasteiger partial charge on any atom is 0.254 e. The summed E-state index contributed by atoms with van der Waals surface area (Å²) in [5, 5.41) is 4.81. The molecule has 1 amide bonds. The molecule has 4 heterocycles. The second-order valence-corrected chi connectivity index (χ2v) is 9.55. The molecule has 2 atom stereocenters. The fraction of sp³-hybridized carbons (Fsp3) is 0.480. The predicted octanol–water partition coefficient (Wildman–Crippen LogP) is 3.70. The van der Waals surface area contributed by atoms with Crippen LogP contribution in [0.25, 0.3) is 5.65 Å². The van der Waals surface area contributed by atoms with E-state index >= 15 is 0 Å². The standard InChI is InChI=1S/C25H31FN6O/c1-15-10-18(11-16(2)23(15)26)25(33)31-8-5-4-6-21(31)20-12-22-28-24(17(3)13-32(22)29-20)30-9-7-19(27)14-30/h10-13,19,21H,4-9,14,27H2,1-3H3. The van der Waals surface area contributed by atoms with E-state index in [0.717, 1.165) is 61.5 Å². The smallest absolute Gasteiger partial charge is 0.254 e. The molecule has 0 spiro atoms. The largest absolute Gasteiger partial charge is 0.355 e. The van der Waals surface area contributed by atoms with Crippen LogP contribution >= 0.6 is 0 Å². The summed E-state index contributed by atoms with van der Waals surface area (Å²) in [6.45, 7) is 7.83. The molecule has 2 unspecified atom stereocenters. The van der Waals surface area contributed by atoms with Crippen LogP contribution in [0.15, 0.2) is 24.4 Å². The fourth-order valence-corrected chi connectivity index (χ4v) is 5.20. The molecule has 174 valence electrons. The lowest BCUT2D eigenvalue weighted by atomic mass is 9.97. The third kappa shape index (κ3) is 3.97. The molecule has 7 nitrogen and oxygen atoms in total. The zero-order valence-electron chi connectivity index (χ0n) is 19.5. The molecule has 0 bridgehead atoms. The van der Waals surface area contributed by atoms with E-state index in [1.54, 1.807) is 26.0 Å². The number of hydrogen-bond donors (Lipinski definition) is 1. The first-order chi connectivity index (χ1) is 15.8. The molecule has 2 aliphatic rings. The third-order valence-corrected chi connectivity index (χ3v) is 6.94. The molecule has 1 aromatic carbocycles. The van der Waals surface area contributed by atoms with Crippen molar-refractivity contribution in [3.63, 3.8) is 0 Å². The van der Waals surface area contributed by atoms with Gasteiger partial charge >= 0.3 is 0 Å². The molecular weight excluding hydrogens is 419 g/mol. The average Bonchev–Trinajstić information content (AvgIpc) is 3.41. The van der Waals surface area contributed by atoms with E-state index < -0.39 is 0 Å². The number of aromatic nitrogens is 3. The number of piperidine rings is 1. The molecule has 0 aliphatic carbocycles. The lowest BCUT2D eigenvalue weighted by molar-refractivity contribution is 0.0605. The highest BCUT2D eigenvalue weighted by Crippen LogP contribution is 2.33. The summed E-state index contributed by atoms with van der Waals surface area (Å²) in [6.07, 6.45) is 5.81. The van der Waals surface area contributed by atoms with Gasteiger partial charge < -0.3 is 15.5 Å². The molecule has 2 aliphatic heterocycles. The molecule has 0 radical (unpaired) electrons. The van der Waals surface area contributed by atoms with Crippen molar-refractivity contribution in [3.05, 3.63) is 58.2 Å². The predicted molar refractivity (Wildman–Crippen MR) is 126 cm³/mol. The maximum atomic E-state index is 14.1. The maximum absolute atomic E-state index is 14.1. The van der Waals surface area contributed by atoms with Crippen LogP contribution in [-0.2, 0) is 0 Å². The topological polar surface area (TPSA) is 79.8 Å². The third-order valence-electron chi connectivity index (χ3n) is 6.94. The van der Waals surface area contributed by atoms with Gasteiger partial charge in [0.05, 0.1) is 11.7 Å². The Morgan fingerprint density at radius 2 is 1.82 bits per heavy atom. The van der Waals surface area contributed by atoms with Crippen LogP contribution in [0.2, 0.25) is 0 Å². The lowest BCUT2D eigenvalue weighted by Gasteiger charge is -2.35. The van der Waals surface area contributed by atoms with Crippen LogP contribution in [0.3, 0.4) is 0 Å². The molecular formula is C25H31FN6O. The number of rotatable bonds is 3. The zero-order valence-corrected chi connectivity index (χ0v) is 19.5. The van der Waals surface area contributed by atoms with Crippen molar-refractivity contribution < 1.29 is 9.18 Å². The van der Waals surface area contributed by atoms with Gasteiger partial charge in [-0.25, -0.2) is 13.9 Å². The van der Waals surface area contributed by atoms with E-state index in [-0.39, 0.29) is 23.8 Å². The van der Waals surface area contributed by atoms with Gasteiger partial charge in [-0.2, -0.15) is 5.10 Å². The minimum atomic E-state index is -0.252. The molecule has 2 aromatic heterocycles. The van der Waals surface area contributed by atoms with Crippen molar-refractivity contribution in [1.82, 2.24) is 19.5 Å². The second kappa shape index (κ2) is 8.41. The Kier molecular flexibility index (Phi) is 5.56. The first kappa shape index (κ1) is 21.8. The monoisotopic (exact) mass is 450 g/mol. The number of nitrogens with two attached hydrogens (primary N) is 1. The first-order valence-corrected chi connectivity index (χ1v) is 11.8. The second-order valence-electron chi connectivity index (χ2n) is 9.55. The Morgan fingerprint density at radius 1 is 1.06 bits per heavy atom. The van der Waals surface area contributed by atoms with Crippen LogP contribution in [0, 0.1) is 26.6 Å². The molecule has 33 heavy (non-hydrogen) atoms. The summed E-state index contributed by atoms with van der Waals surface area (Å²) in [4.78, 5) is 22.5. The minimum Gasteiger partial charge on any atom is -0.355 e. The number of carbonyl (C=O) groups excluding carboxylic acids is 1.